The van der Waals surface area contributed by atoms with Gasteiger partial charge in [0.1, 0.15) is 5.67 Å². The Balaban J connectivity index is 2.41. The average Bonchev–Trinajstić information content (AvgIpc) is 2.97. The largest absolute Gasteiger partial charge is 0.256 e. The lowest BCUT2D eigenvalue weighted by Crippen LogP contribution is -2.01. The Bertz CT molecular complexity index is 578. The number of hydrogen-bond acceptors (Lipinski definition) is 1. The lowest BCUT2D eigenvalue weighted by molar-refractivity contribution is 0.320. The number of benzene rings is 1. The standard InChI is InChI=1S/C12H8Cl2FN/c13-8-3-6-16-11-7(8)1-2-9(14)10(11)12(15)4-5-12/h1-3,6H,4-5H2. The van der Waals surface area contributed by atoms with E-state index in [1.54, 1.807) is 24.4 Å². The number of pyridine rings is 1. The highest BCUT2D eigenvalue weighted by Gasteiger charge is 2.47. The second-order valence-electron chi connectivity index (χ2n) is 4.08. The molecule has 0 atom stereocenters. The third-order valence-corrected chi connectivity index (χ3v) is 3.59. The van der Waals surface area contributed by atoms with Gasteiger partial charge in [0.15, 0.2) is 0 Å². The molecule has 2 aromatic rings. The second-order valence-corrected chi connectivity index (χ2v) is 4.89. The van der Waals surface area contributed by atoms with Crippen LogP contribution in [-0.4, -0.2) is 4.98 Å². The van der Waals surface area contributed by atoms with E-state index in [-0.39, 0.29) is 0 Å². The maximum Gasteiger partial charge on any atom is 0.139 e. The summed E-state index contributed by atoms with van der Waals surface area (Å²) in [6.07, 6.45) is 2.61. The molecule has 1 nitrogen and oxygen atoms in total. The number of aromatic nitrogens is 1. The summed E-state index contributed by atoms with van der Waals surface area (Å²) in [4.78, 5) is 4.20. The Morgan fingerprint density at radius 1 is 1.12 bits per heavy atom. The second kappa shape index (κ2) is 3.31. The number of hydrogen-bond donors (Lipinski definition) is 0. The summed E-state index contributed by atoms with van der Waals surface area (Å²) < 4.78 is 14.2. The summed E-state index contributed by atoms with van der Waals surface area (Å²) in [5, 5.41) is 1.77. The summed E-state index contributed by atoms with van der Waals surface area (Å²) in [6.45, 7) is 0. The molecule has 0 aliphatic heterocycles. The van der Waals surface area contributed by atoms with Crippen molar-refractivity contribution in [2.24, 2.45) is 0 Å². The third-order valence-electron chi connectivity index (χ3n) is 2.95. The zero-order valence-electron chi connectivity index (χ0n) is 8.30. The third kappa shape index (κ3) is 1.40. The highest BCUT2D eigenvalue weighted by molar-refractivity contribution is 6.36. The van der Waals surface area contributed by atoms with Crippen molar-refractivity contribution in [1.82, 2.24) is 4.98 Å². The molecule has 82 valence electrons. The number of rotatable bonds is 1. The van der Waals surface area contributed by atoms with Crippen LogP contribution in [0.5, 0.6) is 0 Å². The predicted octanol–water partition coefficient (Wildman–Crippen LogP) is 4.50. The lowest BCUT2D eigenvalue weighted by Gasteiger charge is -2.11. The molecule has 0 N–H and O–H groups in total. The van der Waals surface area contributed by atoms with E-state index in [1.807, 2.05) is 0 Å². The van der Waals surface area contributed by atoms with Gasteiger partial charge in [-0.1, -0.05) is 23.2 Å². The van der Waals surface area contributed by atoms with E-state index in [0.717, 1.165) is 5.39 Å². The number of nitrogens with zero attached hydrogens (tertiary/aromatic N) is 1. The molecule has 0 spiro atoms. The molecule has 3 rings (SSSR count). The fraction of sp³-hybridized carbons (Fsp3) is 0.250. The number of halogens is 3. The summed E-state index contributed by atoms with van der Waals surface area (Å²) in [5.74, 6) is 0. The minimum Gasteiger partial charge on any atom is -0.256 e. The van der Waals surface area contributed by atoms with Crippen molar-refractivity contribution in [3.63, 3.8) is 0 Å². The van der Waals surface area contributed by atoms with Gasteiger partial charge >= 0.3 is 0 Å². The first kappa shape index (κ1) is 10.3. The zero-order chi connectivity index (χ0) is 11.3. The highest BCUT2D eigenvalue weighted by atomic mass is 35.5. The van der Waals surface area contributed by atoms with Crippen molar-refractivity contribution >= 4 is 34.1 Å². The summed E-state index contributed by atoms with van der Waals surface area (Å²) in [7, 11) is 0. The summed E-state index contributed by atoms with van der Waals surface area (Å²) in [5.41, 5.74) is -0.219. The van der Waals surface area contributed by atoms with Crippen molar-refractivity contribution in [2.45, 2.75) is 18.5 Å². The Hall–Kier alpha value is -0.860. The first-order valence-corrected chi connectivity index (χ1v) is 5.79. The first-order chi connectivity index (χ1) is 7.62. The molecule has 1 aliphatic rings. The molecule has 1 aliphatic carbocycles. The van der Waals surface area contributed by atoms with Gasteiger partial charge in [0, 0.05) is 22.2 Å². The molecule has 1 heterocycles. The Morgan fingerprint density at radius 3 is 2.56 bits per heavy atom. The number of alkyl halides is 1. The normalized spacial score (nSPS) is 17.7. The fourth-order valence-electron chi connectivity index (χ4n) is 1.95. The Kier molecular flexibility index (Phi) is 2.13. The van der Waals surface area contributed by atoms with Crippen LogP contribution in [-0.2, 0) is 5.67 Å². The van der Waals surface area contributed by atoms with E-state index < -0.39 is 5.67 Å². The number of fused-ring (bicyclic) bond motifs is 1. The van der Waals surface area contributed by atoms with E-state index >= 15 is 0 Å². The van der Waals surface area contributed by atoms with Crippen LogP contribution in [0.3, 0.4) is 0 Å². The van der Waals surface area contributed by atoms with Gasteiger partial charge in [-0.2, -0.15) is 0 Å². The minimum absolute atomic E-state index is 0.433. The van der Waals surface area contributed by atoms with E-state index in [9.17, 15) is 4.39 Å². The first-order valence-electron chi connectivity index (χ1n) is 5.04. The predicted molar refractivity (Wildman–Crippen MR) is 63.8 cm³/mol. The molecule has 1 aromatic heterocycles. The molecule has 1 aromatic carbocycles. The maximum atomic E-state index is 14.2. The molecule has 4 heteroatoms. The molecule has 16 heavy (non-hydrogen) atoms. The summed E-state index contributed by atoms with van der Waals surface area (Å²) in [6, 6.07) is 5.16. The van der Waals surface area contributed by atoms with Crippen LogP contribution >= 0.6 is 23.2 Å². The Labute approximate surface area is 102 Å². The van der Waals surface area contributed by atoms with Gasteiger partial charge in [-0.25, -0.2) is 4.39 Å². The smallest absolute Gasteiger partial charge is 0.139 e. The highest BCUT2D eigenvalue weighted by Crippen LogP contribution is 2.53. The van der Waals surface area contributed by atoms with Crippen molar-refractivity contribution in [3.8, 4) is 0 Å². The van der Waals surface area contributed by atoms with Gasteiger partial charge in [-0.15, -0.1) is 0 Å². The monoisotopic (exact) mass is 255 g/mol. The van der Waals surface area contributed by atoms with E-state index in [4.69, 9.17) is 23.2 Å². The van der Waals surface area contributed by atoms with Crippen molar-refractivity contribution in [3.05, 3.63) is 40.0 Å². The van der Waals surface area contributed by atoms with Gasteiger partial charge in [-0.05, 0) is 31.0 Å². The van der Waals surface area contributed by atoms with Crippen molar-refractivity contribution in [1.29, 1.82) is 0 Å². The van der Waals surface area contributed by atoms with Crippen LogP contribution in [0.25, 0.3) is 10.9 Å². The van der Waals surface area contributed by atoms with Gasteiger partial charge in [0.25, 0.3) is 0 Å². The van der Waals surface area contributed by atoms with Crippen LogP contribution in [0.15, 0.2) is 24.4 Å². The SMILES string of the molecule is FC1(c2c(Cl)ccc3c(Cl)ccnc23)CC1. The fourth-order valence-corrected chi connectivity index (χ4v) is 2.48. The topological polar surface area (TPSA) is 12.9 Å². The van der Waals surface area contributed by atoms with Gasteiger partial charge in [0.05, 0.1) is 10.5 Å². The van der Waals surface area contributed by atoms with E-state index in [0.29, 0.717) is 34.0 Å². The van der Waals surface area contributed by atoms with Gasteiger partial charge in [0.2, 0.25) is 0 Å². The van der Waals surface area contributed by atoms with Gasteiger partial charge < -0.3 is 0 Å². The molecule has 1 saturated carbocycles. The van der Waals surface area contributed by atoms with Crippen LogP contribution in [0, 0.1) is 0 Å². The van der Waals surface area contributed by atoms with E-state index in [1.165, 1.54) is 0 Å². The molecule has 0 unspecified atom stereocenters. The zero-order valence-corrected chi connectivity index (χ0v) is 9.82. The Morgan fingerprint density at radius 2 is 1.88 bits per heavy atom. The van der Waals surface area contributed by atoms with E-state index in [2.05, 4.69) is 4.98 Å². The van der Waals surface area contributed by atoms with Crippen LogP contribution in [0.1, 0.15) is 18.4 Å². The molecule has 0 radical (unpaired) electrons. The molecular weight excluding hydrogens is 248 g/mol. The lowest BCUT2D eigenvalue weighted by atomic mass is 10.0. The van der Waals surface area contributed by atoms with Gasteiger partial charge in [-0.3, -0.25) is 4.98 Å². The minimum atomic E-state index is -1.30. The molecule has 0 saturated heterocycles. The average molecular weight is 256 g/mol. The van der Waals surface area contributed by atoms with Crippen LogP contribution in [0.4, 0.5) is 4.39 Å². The molecule has 0 bridgehead atoms. The summed E-state index contributed by atoms with van der Waals surface area (Å²) >= 11 is 12.1. The molecule has 1 fully saturated rings. The maximum absolute atomic E-state index is 14.2. The quantitative estimate of drug-likeness (QED) is 0.731. The van der Waals surface area contributed by atoms with Crippen LogP contribution < -0.4 is 0 Å². The van der Waals surface area contributed by atoms with Crippen molar-refractivity contribution < 1.29 is 4.39 Å². The molecular formula is C12H8Cl2FN. The van der Waals surface area contributed by atoms with Crippen LogP contribution in [0.2, 0.25) is 10.0 Å². The molecule has 0 amide bonds. The van der Waals surface area contributed by atoms with Crippen molar-refractivity contribution in [2.75, 3.05) is 0 Å².